The van der Waals surface area contributed by atoms with E-state index in [1.807, 2.05) is 35.2 Å². The van der Waals surface area contributed by atoms with Gasteiger partial charge in [0.15, 0.2) is 0 Å². The largest absolute Gasteiger partial charge is 0.353 e. The van der Waals surface area contributed by atoms with Gasteiger partial charge in [-0.25, -0.2) is 0 Å². The second-order valence-corrected chi connectivity index (χ2v) is 7.04. The Bertz CT molecular complexity index is 558. The smallest absolute Gasteiger partial charge is 0.225 e. The molecule has 4 nitrogen and oxygen atoms in total. The predicted molar refractivity (Wildman–Crippen MR) is 89.5 cm³/mol. The Morgan fingerprint density at radius 3 is 2.70 bits per heavy atom. The van der Waals surface area contributed by atoms with Gasteiger partial charge in [-0.3, -0.25) is 9.59 Å². The van der Waals surface area contributed by atoms with Crippen LogP contribution in [0.25, 0.3) is 0 Å². The van der Waals surface area contributed by atoms with Gasteiger partial charge in [0.05, 0.1) is 5.92 Å². The van der Waals surface area contributed by atoms with E-state index < -0.39 is 0 Å². The summed E-state index contributed by atoms with van der Waals surface area (Å²) < 4.78 is 0. The SMILES string of the molecule is C[C@H]1CCCC[C@@H]1NC(=O)[C@@H]1CC(=O)N(Cc2ccccc2)C1. The van der Waals surface area contributed by atoms with Crippen LogP contribution >= 0.6 is 0 Å². The normalized spacial score (nSPS) is 28.0. The molecule has 23 heavy (non-hydrogen) atoms. The van der Waals surface area contributed by atoms with Crippen molar-refractivity contribution >= 4 is 11.8 Å². The molecule has 0 bridgehead atoms. The number of carbonyl (C=O) groups excluding carboxylic acids is 2. The number of nitrogens with zero attached hydrogens (tertiary/aromatic N) is 1. The molecule has 3 rings (SSSR count). The summed E-state index contributed by atoms with van der Waals surface area (Å²) in [6.45, 7) is 3.36. The van der Waals surface area contributed by atoms with E-state index in [4.69, 9.17) is 0 Å². The van der Waals surface area contributed by atoms with Crippen LogP contribution < -0.4 is 5.32 Å². The monoisotopic (exact) mass is 314 g/mol. The molecule has 2 fully saturated rings. The Morgan fingerprint density at radius 1 is 1.22 bits per heavy atom. The molecule has 1 aliphatic heterocycles. The maximum atomic E-state index is 12.5. The summed E-state index contributed by atoms with van der Waals surface area (Å²) in [5, 5.41) is 3.20. The van der Waals surface area contributed by atoms with Crippen molar-refractivity contribution in [3.8, 4) is 0 Å². The third-order valence-corrected chi connectivity index (χ3v) is 5.24. The molecule has 1 aromatic rings. The number of carbonyl (C=O) groups is 2. The number of nitrogens with one attached hydrogen (secondary N) is 1. The van der Waals surface area contributed by atoms with Crippen LogP contribution in [0.4, 0.5) is 0 Å². The lowest BCUT2D eigenvalue weighted by Gasteiger charge is -2.30. The maximum Gasteiger partial charge on any atom is 0.225 e. The summed E-state index contributed by atoms with van der Waals surface area (Å²) in [6.07, 6.45) is 5.06. The van der Waals surface area contributed by atoms with E-state index in [2.05, 4.69) is 12.2 Å². The van der Waals surface area contributed by atoms with Crippen molar-refractivity contribution in [1.29, 1.82) is 0 Å². The van der Waals surface area contributed by atoms with Crippen molar-refractivity contribution in [1.82, 2.24) is 10.2 Å². The molecule has 1 saturated heterocycles. The molecule has 0 unspecified atom stereocenters. The van der Waals surface area contributed by atoms with Gasteiger partial charge in [0.2, 0.25) is 11.8 Å². The van der Waals surface area contributed by atoms with Gasteiger partial charge in [-0.15, -0.1) is 0 Å². The standard InChI is InChI=1S/C19H26N2O2/c1-14-7-5-6-10-17(14)20-19(23)16-11-18(22)21(13-16)12-15-8-3-2-4-9-15/h2-4,8-9,14,16-17H,5-7,10-13H2,1H3,(H,20,23)/t14-,16+,17-/m0/s1. The van der Waals surface area contributed by atoms with Crippen molar-refractivity contribution in [3.63, 3.8) is 0 Å². The Hall–Kier alpha value is -1.84. The average molecular weight is 314 g/mol. The fourth-order valence-electron chi connectivity index (χ4n) is 3.74. The number of benzene rings is 1. The van der Waals surface area contributed by atoms with E-state index in [0.29, 0.717) is 25.4 Å². The van der Waals surface area contributed by atoms with E-state index in [9.17, 15) is 9.59 Å². The molecule has 1 heterocycles. The molecule has 2 amide bonds. The highest BCUT2D eigenvalue weighted by Crippen LogP contribution is 2.25. The van der Waals surface area contributed by atoms with E-state index in [0.717, 1.165) is 12.0 Å². The number of hydrogen-bond acceptors (Lipinski definition) is 2. The summed E-state index contributed by atoms with van der Waals surface area (Å²) >= 11 is 0. The number of likely N-dealkylation sites (tertiary alicyclic amines) is 1. The highest BCUT2D eigenvalue weighted by Gasteiger charge is 2.35. The minimum atomic E-state index is -0.194. The number of hydrogen-bond donors (Lipinski definition) is 1. The third kappa shape index (κ3) is 3.92. The first kappa shape index (κ1) is 16.0. The van der Waals surface area contributed by atoms with Crippen molar-refractivity contribution in [2.75, 3.05) is 6.54 Å². The first-order chi connectivity index (χ1) is 11.1. The highest BCUT2D eigenvalue weighted by atomic mass is 16.2. The molecule has 3 atom stereocenters. The summed E-state index contributed by atoms with van der Waals surface area (Å²) in [7, 11) is 0. The van der Waals surface area contributed by atoms with Crippen molar-refractivity contribution in [2.45, 2.75) is 51.6 Å². The molecule has 0 spiro atoms. The van der Waals surface area contributed by atoms with Crippen LogP contribution in [-0.4, -0.2) is 29.3 Å². The van der Waals surface area contributed by atoms with E-state index in [1.54, 1.807) is 0 Å². The van der Waals surface area contributed by atoms with Gasteiger partial charge in [-0.05, 0) is 24.3 Å². The molecule has 1 aromatic carbocycles. The predicted octanol–water partition coefficient (Wildman–Crippen LogP) is 2.73. The maximum absolute atomic E-state index is 12.5. The highest BCUT2D eigenvalue weighted by molar-refractivity contribution is 5.89. The molecule has 0 aromatic heterocycles. The van der Waals surface area contributed by atoms with Crippen molar-refractivity contribution in [3.05, 3.63) is 35.9 Å². The molecule has 1 aliphatic carbocycles. The van der Waals surface area contributed by atoms with Crippen LogP contribution in [0, 0.1) is 11.8 Å². The van der Waals surface area contributed by atoms with Crippen LogP contribution in [0.3, 0.4) is 0 Å². The molecular formula is C19H26N2O2. The zero-order chi connectivity index (χ0) is 16.2. The van der Waals surface area contributed by atoms with Gasteiger partial charge in [-0.1, -0.05) is 50.1 Å². The number of rotatable bonds is 4. The van der Waals surface area contributed by atoms with E-state index in [-0.39, 0.29) is 23.8 Å². The van der Waals surface area contributed by atoms with Crippen LogP contribution in [0.2, 0.25) is 0 Å². The van der Waals surface area contributed by atoms with Crippen molar-refractivity contribution in [2.24, 2.45) is 11.8 Å². The zero-order valence-corrected chi connectivity index (χ0v) is 13.8. The van der Waals surface area contributed by atoms with Gasteiger partial charge < -0.3 is 10.2 Å². The molecular weight excluding hydrogens is 288 g/mol. The second-order valence-electron chi connectivity index (χ2n) is 7.04. The Balaban J connectivity index is 1.55. The van der Waals surface area contributed by atoms with Crippen LogP contribution in [-0.2, 0) is 16.1 Å². The van der Waals surface area contributed by atoms with Gasteiger partial charge in [0.1, 0.15) is 0 Å². The number of amides is 2. The topological polar surface area (TPSA) is 49.4 Å². The fourth-order valence-corrected chi connectivity index (χ4v) is 3.74. The second kappa shape index (κ2) is 7.16. The Morgan fingerprint density at radius 2 is 1.96 bits per heavy atom. The van der Waals surface area contributed by atoms with Crippen LogP contribution in [0.5, 0.6) is 0 Å². The molecule has 1 saturated carbocycles. The molecule has 4 heteroatoms. The van der Waals surface area contributed by atoms with Crippen LogP contribution in [0.1, 0.15) is 44.6 Å². The molecule has 1 N–H and O–H groups in total. The quantitative estimate of drug-likeness (QED) is 0.929. The summed E-state index contributed by atoms with van der Waals surface area (Å²) in [5.41, 5.74) is 1.11. The Kier molecular flexibility index (Phi) is 4.99. The first-order valence-electron chi connectivity index (χ1n) is 8.75. The summed E-state index contributed by atoms with van der Waals surface area (Å²) in [5.74, 6) is 0.504. The minimum Gasteiger partial charge on any atom is -0.353 e. The summed E-state index contributed by atoms with van der Waals surface area (Å²) in [4.78, 5) is 26.5. The van der Waals surface area contributed by atoms with Gasteiger partial charge in [0.25, 0.3) is 0 Å². The summed E-state index contributed by atoms with van der Waals surface area (Å²) in [6, 6.07) is 10.2. The fraction of sp³-hybridized carbons (Fsp3) is 0.579. The molecule has 0 radical (unpaired) electrons. The average Bonchev–Trinajstić information content (AvgIpc) is 2.92. The molecule has 124 valence electrons. The van der Waals surface area contributed by atoms with Gasteiger partial charge >= 0.3 is 0 Å². The lowest BCUT2D eigenvalue weighted by molar-refractivity contribution is -0.129. The van der Waals surface area contributed by atoms with Gasteiger partial charge in [-0.2, -0.15) is 0 Å². The zero-order valence-electron chi connectivity index (χ0n) is 13.8. The Labute approximate surface area is 138 Å². The van der Waals surface area contributed by atoms with E-state index >= 15 is 0 Å². The van der Waals surface area contributed by atoms with Crippen molar-refractivity contribution < 1.29 is 9.59 Å². The van der Waals surface area contributed by atoms with Gasteiger partial charge in [0, 0.05) is 25.6 Å². The van der Waals surface area contributed by atoms with Crippen LogP contribution in [0.15, 0.2) is 30.3 Å². The minimum absolute atomic E-state index is 0.0626. The lowest BCUT2D eigenvalue weighted by atomic mass is 9.85. The lowest BCUT2D eigenvalue weighted by Crippen LogP contribution is -2.44. The molecule has 2 aliphatic rings. The third-order valence-electron chi connectivity index (χ3n) is 5.24. The first-order valence-corrected chi connectivity index (χ1v) is 8.75. The van der Waals surface area contributed by atoms with E-state index in [1.165, 1.54) is 19.3 Å².